The Labute approximate surface area is 104 Å². The Kier molecular flexibility index (Phi) is 2.49. The maximum absolute atomic E-state index is 12.4. The summed E-state index contributed by atoms with van der Waals surface area (Å²) in [6, 6.07) is 7.15. The molecule has 5 nitrogen and oxygen atoms in total. The van der Waals surface area contributed by atoms with Gasteiger partial charge >= 0.3 is 0 Å². The highest BCUT2D eigenvalue weighted by atomic mass is 16.5. The Morgan fingerprint density at radius 2 is 2.28 bits per heavy atom. The van der Waals surface area contributed by atoms with Gasteiger partial charge in [-0.2, -0.15) is 0 Å². The molecule has 0 N–H and O–H groups in total. The number of Topliss-reactive ketones (excluding diaryl/α,β-unsaturated/α-hetero) is 1. The third kappa shape index (κ3) is 1.34. The number of nitrogens with zero attached hydrogens (tertiary/aromatic N) is 3. The molecular formula is C13H13N3O2. The van der Waals surface area contributed by atoms with Gasteiger partial charge in [-0.25, -0.2) is 0 Å². The van der Waals surface area contributed by atoms with Crippen LogP contribution in [0.2, 0.25) is 0 Å². The number of azide groups is 1. The maximum Gasteiger partial charge on any atom is 0.144 e. The van der Waals surface area contributed by atoms with E-state index >= 15 is 0 Å². The van der Waals surface area contributed by atoms with Crippen molar-refractivity contribution in [2.24, 2.45) is 5.11 Å². The van der Waals surface area contributed by atoms with Gasteiger partial charge in [-0.05, 0) is 24.4 Å². The Bertz CT molecular complexity index is 551. The summed E-state index contributed by atoms with van der Waals surface area (Å²) in [7, 11) is 0. The van der Waals surface area contributed by atoms with Crippen LogP contribution < -0.4 is 4.74 Å². The van der Waals surface area contributed by atoms with E-state index in [1.165, 1.54) is 0 Å². The monoisotopic (exact) mass is 243 g/mol. The Morgan fingerprint density at radius 3 is 3.00 bits per heavy atom. The third-order valence-corrected chi connectivity index (χ3v) is 4.00. The molecule has 1 aliphatic heterocycles. The molecule has 18 heavy (non-hydrogen) atoms. The lowest BCUT2D eigenvalue weighted by molar-refractivity contribution is -0.123. The minimum atomic E-state index is -0.652. The smallest absolute Gasteiger partial charge is 0.144 e. The molecule has 0 amide bonds. The first kappa shape index (κ1) is 11.1. The van der Waals surface area contributed by atoms with Crippen molar-refractivity contribution in [2.45, 2.75) is 30.7 Å². The van der Waals surface area contributed by atoms with Crippen molar-refractivity contribution < 1.29 is 9.53 Å². The Morgan fingerprint density at radius 1 is 1.44 bits per heavy atom. The Balaban J connectivity index is 2.21. The summed E-state index contributed by atoms with van der Waals surface area (Å²) in [6.07, 6.45) is 2.16. The van der Waals surface area contributed by atoms with Crippen molar-refractivity contribution in [1.29, 1.82) is 0 Å². The average molecular weight is 243 g/mol. The van der Waals surface area contributed by atoms with Gasteiger partial charge in [0.05, 0.1) is 18.1 Å². The lowest BCUT2D eigenvalue weighted by Crippen LogP contribution is -2.48. The molecule has 0 unspecified atom stereocenters. The van der Waals surface area contributed by atoms with Crippen molar-refractivity contribution in [2.75, 3.05) is 6.61 Å². The second-order valence-corrected chi connectivity index (χ2v) is 4.78. The number of hydrogen-bond acceptors (Lipinski definition) is 3. The van der Waals surface area contributed by atoms with E-state index in [0.29, 0.717) is 6.42 Å². The van der Waals surface area contributed by atoms with E-state index in [-0.39, 0.29) is 12.4 Å². The largest absolute Gasteiger partial charge is 0.493 e. The van der Waals surface area contributed by atoms with Crippen LogP contribution in [-0.2, 0) is 10.2 Å². The number of hydrogen-bond donors (Lipinski definition) is 0. The Hall–Kier alpha value is -2.00. The second kappa shape index (κ2) is 4.03. The fraction of sp³-hybridized carbons (Fsp3) is 0.462. The number of rotatable bonds is 1. The van der Waals surface area contributed by atoms with Crippen LogP contribution in [0.4, 0.5) is 0 Å². The van der Waals surface area contributed by atoms with Crippen LogP contribution in [0.5, 0.6) is 5.75 Å². The lowest BCUT2D eigenvalue weighted by Gasteiger charge is -2.39. The zero-order valence-electron chi connectivity index (χ0n) is 9.87. The average Bonchev–Trinajstić information content (AvgIpc) is 2.77. The normalized spacial score (nSPS) is 29.6. The molecule has 2 aliphatic rings. The summed E-state index contributed by atoms with van der Waals surface area (Å²) >= 11 is 0. The van der Waals surface area contributed by atoms with Crippen LogP contribution >= 0.6 is 0 Å². The molecule has 0 bridgehead atoms. The van der Waals surface area contributed by atoms with E-state index in [2.05, 4.69) is 10.0 Å². The number of ketones is 1. The summed E-state index contributed by atoms with van der Waals surface area (Å²) in [5, 5.41) is 3.80. The first-order chi connectivity index (χ1) is 8.79. The molecule has 1 aromatic carbocycles. The minimum Gasteiger partial charge on any atom is -0.493 e. The van der Waals surface area contributed by atoms with Crippen LogP contribution in [0.1, 0.15) is 24.8 Å². The SMILES string of the molecule is [N-]=[N+]=N[C@@H]1COc2ccccc2[C@]12CCCC2=O. The fourth-order valence-corrected chi connectivity index (χ4v) is 3.17. The van der Waals surface area contributed by atoms with Gasteiger partial charge in [0.25, 0.3) is 0 Å². The van der Waals surface area contributed by atoms with Gasteiger partial charge in [-0.1, -0.05) is 23.3 Å². The quantitative estimate of drug-likeness (QED) is 0.432. The van der Waals surface area contributed by atoms with Gasteiger partial charge in [0, 0.05) is 16.9 Å². The van der Waals surface area contributed by atoms with Crippen LogP contribution in [-0.4, -0.2) is 18.4 Å². The summed E-state index contributed by atoms with van der Waals surface area (Å²) in [6.45, 7) is 0.285. The molecule has 92 valence electrons. The van der Waals surface area contributed by atoms with E-state index < -0.39 is 11.5 Å². The molecule has 1 aliphatic carbocycles. The van der Waals surface area contributed by atoms with Gasteiger partial charge < -0.3 is 4.74 Å². The maximum atomic E-state index is 12.4. The van der Waals surface area contributed by atoms with Crippen LogP contribution in [0, 0.1) is 0 Å². The van der Waals surface area contributed by atoms with Gasteiger partial charge in [0.2, 0.25) is 0 Å². The van der Waals surface area contributed by atoms with Gasteiger partial charge in [-0.15, -0.1) is 0 Å². The number of carbonyl (C=O) groups excluding carboxylic acids is 1. The van der Waals surface area contributed by atoms with Crippen molar-refractivity contribution >= 4 is 5.78 Å². The first-order valence-corrected chi connectivity index (χ1v) is 6.09. The first-order valence-electron chi connectivity index (χ1n) is 6.09. The highest BCUT2D eigenvalue weighted by Crippen LogP contribution is 2.48. The van der Waals surface area contributed by atoms with E-state index in [0.717, 1.165) is 24.2 Å². The van der Waals surface area contributed by atoms with Crippen LogP contribution in [0.3, 0.4) is 0 Å². The molecule has 0 aromatic heterocycles. The van der Waals surface area contributed by atoms with Gasteiger partial charge in [-0.3, -0.25) is 4.79 Å². The van der Waals surface area contributed by atoms with Crippen molar-refractivity contribution in [3.63, 3.8) is 0 Å². The summed E-state index contributed by atoms with van der Waals surface area (Å²) < 4.78 is 5.61. The summed E-state index contributed by atoms with van der Waals surface area (Å²) in [4.78, 5) is 15.2. The molecule has 2 atom stereocenters. The second-order valence-electron chi connectivity index (χ2n) is 4.78. The molecule has 5 heteroatoms. The van der Waals surface area contributed by atoms with E-state index in [4.69, 9.17) is 10.3 Å². The predicted octanol–water partition coefficient (Wildman–Crippen LogP) is 2.75. The third-order valence-electron chi connectivity index (χ3n) is 4.00. The van der Waals surface area contributed by atoms with E-state index in [9.17, 15) is 4.79 Å². The molecule has 0 saturated heterocycles. The number of benzene rings is 1. The van der Waals surface area contributed by atoms with Crippen molar-refractivity contribution in [1.82, 2.24) is 0 Å². The molecule has 0 radical (unpaired) electrons. The minimum absolute atomic E-state index is 0.177. The lowest BCUT2D eigenvalue weighted by atomic mass is 9.71. The highest BCUT2D eigenvalue weighted by molar-refractivity contribution is 5.94. The van der Waals surface area contributed by atoms with Crippen molar-refractivity contribution in [3.8, 4) is 5.75 Å². The fourth-order valence-electron chi connectivity index (χ4n) is 3.17. The van der Waals surface area contributed by atoms with Crippen LogP contribution in [0.25, 0.3) is 10.4 Å². The molecule has 1 fully saturated rings. The number of fused-ring (bicyclic) bond motifs is 2. The van der Waals surface area contributed by atoms with E-state index in [1.807, 2.05) is 24.3 Å². The highest BCUT2D eigenvalue weighted by Gasteiger charge is 2.52. The van der Waals surface area contributed by atoms with E-state index in [1.54, 1.807) is 0 Å². The molecular weight excluding hydrogens is 230 g/mol. The molecule has 3 rings (SSSR count). The number of para-hydroxylation sites is 1. The summed E-state index contributed by atoms with van der Waals surface area (Å²) in [5.74, 6) is 0.924. The summed E-state index contributed by atoms with van der Waals surface area (Å²) in [5.41, 5.74) is 8.92. The predicted molar refractivity (Wildman–Crippen MR) is 65.4 cm³/mol. The number of carbonyl (C=O) groups is 1. The van der Waals surface area contributed by atoms with Crippen molar-refractivity contribution in [3.05, 3.63) is 40.3 Å². The topological polar surface area (TPSA) is 75.1 Å². The van der Waals surface area contributed by atoms with Crippen LogP contribution in [0.15, 0.2) is 29.4 Å². The number of ether oxygens (including phenoxy) is 1. The zero-order chi connectivity index (χ0) is 12.6. The molecule has 1 spiro atoms. The standard InChI is InChI=1S/C13H13N3O2/c14-16-15-11-8-18-10-5-2-1-4-9(10)13(11)7-3-6-12(13)17/h1-2,4-5,11H,3,6-8H2/t11-,13-/m1/s1. The zero-order valence-corrected chi connectivity index (χ0v) is 9.87. The molecule has 1 aromatic rings. The molecule has 1 heterocycles. The van der Waals surface area contributed by atoms with Gasteiger partial charge in [0.15, 0.2) is 0 Å². The molecule has 1 saturated carbocycles. The van der Waals surface area contributed by atoms with Gasteiger partial charge in [0.1, 0.15) is 11.5 Å².